The number of nitrogens with zero attached hydrogens (tertiary/aromatic N) is 5. The Bertz CT molecular complexity index is 592. The van der Waals surface area contributed by atoms with Gasteiger partial charge < -0.3 is 10.6 Å². The lowest BCUT2D eigenvalue weighted by molar-refractivity contribution is 0.334. The van der Waals surface area contributed by atoms with E-state index in [4.69, 9.17) is 5.73 Å². The van der Waals surface area contributed by atoms with Gasteiger partial charge in [0.1, 0.15) is 5.82 Å². The number of aromatic nitrogens is 4. The Morgan fingerprint density at radius 1 is 1.40 bits per heavy atom. The zero-order valence-corrected chi connectivity index (χ0v) is 12.2. The monoisotopic (exact) mass is 274 g/mol. The lowest BCUT2D eigenvalue weighted by Crippen LogP contribution is -2.47. The predicted molar refractivity (Wildman–Crippen MR) is 78.7 cm³/mol. The van der Waals surface area contributed by atoms with Gasteiger partial charge in [-0.25, -0.2) is 4.98 Å². The van der Waals surface area contributed by atoms with E-state index in [0.29, 0.717) is 12.6 Å². The smallest absolute Gasteiger partial charge is 0.203 e. The molecule has 0 amide bonds. The number of piperidine rings is 1. The Morgan fingerprint density at radius 2 is 2.25 bits per heavy atom. The fourth-order valence-electron chi connectivity index (χ4n) is 3.14. The number of aryl methyl sites for hydroxylation is 1. The Morgan fingerprint density at radius 3 is 3.00 bits per heavy atom. The topological polar surface area (TPSA) is 72.3 Å². The van der Waals surface area contributed by atoms with E-state index in [1.54, 1.807) is 0 Å². The molecule has 1 fully saturated rings. The van der Waals surface area contributed by atoms with E-state index < -0.39 is 0 Å². The van der Waals surface area contributed by atoms with Gasteiger partial charge in [0.15, 0.2) is 5.82 Å². The molecule has 3 rings (SSSR count). The molecule has 0 aromatic carbocycles. The van der Waals surface area contributed by atoms with Gasteiger partial charge in [-0.2, -0.15) is 0 Å². The Balaban J connectivity index is 1.97. The van der Waals surface area contributed by atoms with Crippen LogP contribution in [0.25, 0.3) is 5.65 Å². The van der Waals surface area contributed by atoms with Crippen molar-refractivity contribution in [2.45, 2.75) is 39.2 Å². The van der Waals surface area contributed by atoms with Crippen molar-refractivity contribution in [1.82, 2.24) is 19.6 Å². The predicted octanol–water partition coefficient (Wildman–Crippen LogP) is 1.39. The van der Waals surface area contributed by atoms with Crippen molar-refractivity contribution in [3.63, 3.8) is 0 Å². The molecule has 1 saturated heterocycles. The maximum Gasteiger partial charge on any atom is 0.203 e. The quantitative estimate of drug-likeness (QED) is 0.915. The van der Waals surface area contributed by atoms with Crippen LogP contribution in [0, 0.1) is 12.8 Å². The molecule has 1 aliphatic heterocycles. The third-order valence-corrected chi connectivity index (χ3v) is 4.42. The third kappa shape index (κ3) is 2.14. The van der Waals surface area contributed by atoms with E-state index in [0.717, 1.165) is 36.2 Å². The Labute approximate surface area is 119 Å². The van der Waals surface area contributed by atoms with E-state index >= 15 is 0 Å². The molecule has 3 heterocycles. The molecule has 6 nitrogen and oxygen atoms in total. The minimum atomic E-state index is 0.351. The maximum absolute atomic E-state index is 5.98. The van der Waals surface area contributed by atoms with Crippen molar-refractivity contribution < 1.29 is 0 Å². The van der Waals surface area contributed by atoms with Gasteiger partial charge in [-0.15, -0.1) is 10.2 Å². The number of nitrogens with two attached hydrogens (primary N) is 1. The molecule has 0 radical (unpaired) electrons. The van der Waals surface area contributed by atoms with Gasteiger partial charge in [0, 0.05) is 31.5 Å². The lowest BCUT2D eigenvalue weighted by Gasteiger charge is -2.39. The number of hydrogen-bond acceptors (Lipinski definition) is 5. The molecule has 0 aliphatic carbocycles. The number of fused-ring (bicyclic) bond motifs is 1. The fourth-order valence-corrected chi connectivity index (χ4v) is 3.14. The van der Waals surface area contributed by atoms with Crippen LogP contribution in [-0.4, -0.2) is 38.7 Å². The number of rotatable bonds is 3. The highest BCUT2D eigenvalue weighted by molar-refractivity contribution is 5.64. The molecule has 20 heavy (non-hydrogen) atoms. The average Bonchev–Trinajstić information content (AvgIpc) is 2.88. The van der Waals surface area contributed by atoms with Crippen LogP contribution in [0.1, 0.15) is 32.0 Å². The summed E-state index contributed by atoms with van der Waals surface area (Å²) in [5, 5.41) is 8.42. The van der Waals surface area contributed by atoms with Gasteiger partial charge in [-0.1, -0.05) is 13.3 Å². The van der Waals surface area contributed by atoms with E-state index in [9.17, 15) is 0 Å². The van der Waals surface area contributed by atoms with E-state index in [1.165, 1.54) is 12.8 Å². The Hall–Kier alpha value is -1.69. The summed E-state index contributed by atoms with van der Waals surface area (Å²) in [7, 11) is 0. The fraction of sp³-hybridized carbons (Fsp3) is 0.643. The first-order chi connectivity index (χ1) is 9.74. The van der Waals surface area contributed by atoms with Gasteiger partial charge in [-0.05, 0) is 25.7 Å². The summed E-state index contributed by atoms with van der Waals surface area (Å²) < 4.78 is 1.99. The van der Waals surface area contributed by atoms with Crippen LogP contribution in [-0.2, 0) is 0 Å². The first-order valence-electron chi connectivity index (χ1n) is 7.37. The molecule has 1 aliphatic rings. The first-order valence-corrected chi connectivity index (χ1v) is 7.37. The number of anilines is 1. The van der Waals surface area contributed by atoms with Crippen molar-refractivity contribution in [2.75, 3.05) is 18.0 Å². The summed E-state index contributed by atoms with van der Waals surface area (Å²) in [6, 6.07) is 0.351. The van der Waals surface area contributed by atoms with Crippen molar-refractivity contribution in [3.8, 4) is 0 Å². The summed E-state index contributed by atoms with van der Waals surface area (Å²) >= 11 is 0. The van der Waals surface area contributed by atoms with Crippen LogP contribution in [0.15, 0.2) is 12.4 Å². The number of hydrogen-bond donors (Lipinski definition) is 1. The minimum absolute atomic E-state index is 0.351. The second kappa shape index (κ2) is 5.36. The van der Waals surface area contributed by atoms with Gasteiger partial charge in [0.05, 0.1) is 0 Å². The first kappa shape index (κ1) is 13.3. The second-order valence-electron chi connectivity index (χ2n) is 5.57. The second-order valence-corrected chi connectivity index (χ2v) is 5.57. The summed E-state index contributed by atoms with van der Waals surface area (Å²) in [6.45, 7) is 5.87. The molecule has 0 spiro atoms. The largest absolute Gasteiger partial charge is 0.349 e. The van der Waals surface area contributed by atoms with E-state index in [2.05, 4.69) is 27.0 Å². The highest BCUT2D eigenvalue weighted by atomic mass is 15.3. The summed E-state index contributed by atoms with van der Waals surface area (Å²) in [4.78, 5) is 6.86. The molecule has 2 atom stereocenters. The van der Waals surface area contributed by atoms with Gasteiger partial charge in [0.25, 0.3) is 0 Å². The Kier molecular flexibility index (Phi) is 3.56. The highest BCUT2D eigenvalue weighted by Gasteiger charge is 2.29. The van der Waals surface area contributed by atoms with Gasteiger partial charge >= 0.3 is 0 Å². The SMILES string of the molecule is CCC1CCN(c2nccn3c(C)nnc23)C(CN)C1. The summed E-state index contributed by atoms with van der Waals surface area (Å²) in [6.07, 6.45) is 7.29. The highest BCUT2D eigenvalue weighted by Crippen LogP contribution is 2.30. The molecule has 108 valence electrons. The summed E-state index contributed by atoms with van der Waals surface area (Å²) in [5.41, 5.74) is 6.82. The molecule has 0 saturated carbocycles. The maximum atomic E-state index is 5.98. The molecule has 2 aromatic rings. The molecular formula is C14H22N6. The average molecular weight is 274 g/mol. The van der Waals surface area contributed by atoms with Crippen LogP contribution in [0.2, 0.25) is 0 Å². The van der Waals surface area contributed by atoms with Crippen molar-refractivity contribution in [1.29, 1.82) is 0 Å². The van der Waals surface area contributed by atoms with Crippen molar-refractivity contribution in [2.24, 2.45) is 11.7 Å². The van der Waals surface area contributed by atoms with Crippen LogP contribution < -0.4 is 10.6 Å². The molecule has 2 aromatic heterocycles. The molecule has 0 bridgehead atoms. The molecule has 2 unspecified atom stereocenters. The normalized spacial score (nSPS) is 23.4. The standard InChI is InChI=1S/C14H22N6/c1-3-11-4-6-20(12(8-11)9-15)13-14-18-17-10(2)19(14)7-5-16-13/h5,7,11-12H,3-4,6,8-9,15H2,1-2H3. The molecular weight excluding hydrogens is 252 g/mol. The molecule has 2 N–H and O–H groups in total. The van der Waals surface area contributed by atoms with Crippen LogP contribution >= 0.6 is 0 Å². The minimum Gasteiger partial charge on any atom is -0.349 e. The van der Waals surface area contributed by atoms with Gasteiger partial charge in [0.2, 0.25) is 5.65 Å². The zero-order chi connectivity index (χ0) is 14.1. The van der Waals surface area contributed by atoms with E-state index in [1.807, 2.05) is 23.7 Å². The van der Waals surface area contributed by atoms with Crippen molar-refractivity contribution >= 4 is 11.5 Å². The van der Waals surface area contributed by atoms with Crippen LogP contribution in [0.5, 0.6) is 0 Å². The summed E-state index contributed by atoms with van der Waals surface area (Å²) in [5.74, 6) is 2.58. The van der Waals surface area contributed by atoms with Crippen molar-refractivity contribution in [3.05, 3.63) is 18.2 Å². The van der Waals surface area contributed by atoms with Gasteiger partial charge in [-0.3, -0.25) is 4.40 Å². The van der Waals surface area contributed by atoms with Crippen LogP contribution in [0.4, 0.5) is 5.82 Å². The van der Waals surface area contributed by atoms with E-state index in [-0.39, 0.29) is 0 Å². The zero-order valence-electron chi connectivity index (χ0n) is 12.2. The molecule has 6 heteroatoms. The van der Waals surface area contributed by atoms with Crippen LogP contribution in [0.3, 0.4) is 0 Å². The lowest BCUT2D eigenvalue weighted by atomic mass is 9.89. The third-order valence-electron chi connectivity index (χ3n) is 4.42.